The number of nitrogens with zero attached hydrogens (tertiary/aromatic N) is 1. The maximum atomic E-state index is 12.9. The molecule has 0 aliphatic carbocycles. The summed E-state index contributed by atoms with van der Waals surface area (Å²) in [6, 6.07) is 17.0. The smallest absolute Gasteiger partial charge is 0.251 e. The van der Waals surface area contributed by atoms with E-state index in [1.165, 1.54) is 30.5 Å². The van der Waals surface area contributed by atoms with Crippen molar-refractivity contribution in [2.75, 3.05) is 40.0 Å². The standard InChI is InChI=1S/C25H29N3O6S/c1-32-21-8-4-19(5-9-21)24(28-12-15-33-16-13-28)18-26-25(29)20-6-10-23(11-7-20)35(30,31)27-17-22-3-2-14-34-22/h2-11,14,24,27H,12-13,15-18H2,1H3,(H,26,29). The number of benzene rings is 2. The number of nitrogens with one attached hydrogen (secondary N) is 2. The number of hydrogen-bond donors (Lipinski definition) is 2. The molecule has 1 unspecified atom stereocenters. The van der Waals surface area contributed by atoms with Gasteiger partial charge in [0.1, 0.15) is 11.5 Å². The van der Waals surface area contributed by atoms with Crippen molar-refractivity contribution in [1.29, 1.82) is 0 Å². The first-order valence-corrected chi connectivity index (χ1v) is 12.8. The molecule has 10 heteroatoms. The van der Waals surface area contributed by atoms with E-state index in [0.29, 0.717) is 31.1 Å². The fourth-order valence-electron chi connectivity index (χ4n) is 3.91. The summed E-state index contributed by atoms with van der Waals surface area (Å²) in [7, 11) is -2.11. The normalized spacial score (nSPS) is 15.5. The van der Waals surface area contributed by atoms with Gasteiger partial charge in [-0.3, -0.25) is 9.69 Å². The van der Waals surface area contributed by atoms with Crippen LogP contribution in [0.3, 0.4) is 0 Å². The third-order valence-corrected chi connectivity index (χ3v) is 7.30. The van der Waals surface area contributed by atoms with Crippen molar-refractivity contribution in [2.24, 2.45) is 0 Å². The molecule has 4 rings (SSSR count). The molecule has 2 aromatic carbocycles. The van der Waals surface area contributed by atoms with Gasteiger partial charge in [-0.1, -0.05) is 12.1 Å². The van der Waals surface area contributed by atoms with Crippen LogP contribution in [0.4, 0.5) is 0 Å². The summed E-state index contributed by atoms with van der Waals surface area (Å²) in [6.45, 7) is 3.27. The maximum absolute atomic E-state index is 12.9. The predicted octanol–water partition coefficient (Wildman–Crippen LogP) is 2.57. The quantitative estimate of drug-likeness (QED) is 0.441. The van der Waals surface area contributed by atoms with Crippen LogP contribution >= 0.6 is 0 Å². The lowest BCUT2D eigenvalue weighted by molar-refractivity contribution is 0.0162. The van der Waals surface area contributed by atoms with E-state index in [0.717, 1.165) is 24.4 Å². The molecule has 0 bridgehead atoms. The monoisotopic (exact) mass is 499 g/mol. The van der Waals surface area contributed by atoms with E-state index >= 15 is 0 Å². The summed E-state index contributed by atoms with van der Waals surface area (Å²) < 4.78 is 43.4. The number of ether oxygens (including phenoxy) is 2. The van der Waals surface area contributed by atoms with E-state index in [1.807, 2.05) is 24.3 Å². The van der Waals surface area contributed by atoms with E-state index in [-0.39, 0.29) is 23.4 Å². The molecule has 2 N–H and O–H groups in total. The molecule has 1 aromatic heterocycles. The minimum absolute atomic E-state index is 0.0285. The lowest BCUT2D eigenvalue weighted by Crippen LogP contribution is -2.43. The second-order valence-corrected chi connectivity index (χ2v) is 9.84. The Labute approximate surface area is 205 Å². The highest BCUT2D eigenvalue weighted by Gasteiger charge is 2.24. The average molecular weight is 500 g/mol. The van der Waals surface area contributed by atoms with Gasteiger partial charge in [-0.15, -0.1) is 0 Å². The second-order valence-electron chi connectivity index (χ2n) is 8.08. The fourth-order valence-corrected chi connectivity index (χ4v) is 4.91. The molecule has 0 saturated carbocycles. The molecule has 9 nitrogen and oxygen atoms in total. The number of sulfonamides is 1. The molecule has 1 aliphatic rings. The molecule has 1 atom stereocenters. The van der Waals surface area contributed by atoms with Gasteiger partial charge in [0.15, 0.2) is 0 Å². The van der Waals surface area contributed by atoms with Gasteiger partial charge in [0, 0.05) is 25.2 Å². The SMILES string of the molecule is COc1ccc(C(CNC(=O)c2ccc(S(=O)(=O)NCc3ccco3)cc2)N2CCOCC2)cc1. The summed E-state index contributed by atoms with van der Waals surface area (Å²) in [5, 5.41) is 3.00. The van der Waals surface area contributed by atoms with Gasteiger partial charge < -0.3 is 19.2 Å². The molecule has 0 spiro atoms. The van der Waals surface area contributed by atoms with E-state index in [9.17, 15) is 13.2 Å². The number of rotatable bonds is 10. The molecule has 3 aromatic rings. The molecule has 186 valence electrons. The van der Waals surface area contributed by atoms with Gasteiger partial charge in [0.25, 0.3) is 5.91 Å². The first-order chi connectivity index (χ1) is 17.0. The van der Waals surface area contributed by atoms with Crippen molar-refractivity contribution in [3.63, 3.8) is 0 Å². The van der Waals surface area contributed by atoms with Crippen molar-refractivity contribution in [3.8, 4) is 5.75 Å². The number of methoxy groups -OCH3 is 1. The largest absolute Gasteiger partial charge is 0.497 e. The molecule has 1 fully saturated rings. The first-order valence-electron chi connectivity index (χ1n) is 11.3. The van der Waals surface area contributed by atoms with E-state index < -0.39 is 10.0 Å². The molecule has 1 amide bonds. The minimum Gasteiger partial charge on any atom is -0.497 e. The lowest BCUT2D eigenvalue weighted by Gasteiger charge is -2.35. The van der Waals surface area contributed by atoms with Crippen molar-refractivity contribution in [2.45, 2.75) is 17.5 Å². The average Bonchev–Trinajstić information content (AvgIpc) is 3.43. The van der Waals surface area contributed by atoms with Crippen LogP contribution < -0.4 is 14.8 Å². The van der Waals surface area contributed by atoms with Crippen molar-refractivity contribution in [3.05, 3.63) is 83.8 Å². The highest BCUT2D eigenvalue weighted by Crippen LogP contribution is 2.24. The van der Waals surface area contributed by atoms with Crippen LogP contribution in [0.25, 0.3) is 0 Å². The third-order valence-electron chi connectivity index (χ3n) is 5.89. The number of carbonyl (C=O) groups excluding carboxylic acids is 1. The van der Waals surface area contributed by atoms with Gasteiger partial charge in [0.2, 0.25) is 10.0 Å². The van der Waals surface area contributed by atoms with E-state index in [1.54, 1.807) is 19.2 Å². The zero-order valence-corrected chi connectivity index (χ0v) is 20.3. The molecule has 2 heterocycles. The number of furan rings is 1. The van der Waals surface area contributed by atoms with Gasteiger partial charge in [-0.25, -0.2) is 13.1 Å². The van der Waals surface area contributed by atoms with Crippen molar-refractivity contribution < 1.29 is 27.1 Å². The predicted molar refractivity (Wildman–Crippen MR) is 130 cm³/mol. The second kappa shape index (κ2) is 11.5. The van der Waals surface area contributed by atoms with Crippen LogP contribution in [0.1, 0.15) is 27.7 Å². The molecule has 1 aliphatic heterocycles. The van der Waals surface area contributed by atoms with Crippen molar-refractivity contribution >= 4 is 15.9 Å². The Morgan fingerprint density at radius 3 is 2.40 bits per heavy atom. The summed E-state index contributed by atoms with van der Waals surface area (Å²) in [5.41, 5.74) is 1.45. The van der Waals surface area contributed by atoms with Crippen LogP contribution in [0.15, 0.2) is 76.2 Å². The molecule has 0 radical (unpaired) electrons. The van der Waals surface area contributed by atoms with Crippen LogP contribution in [-0.4, -0.2) is 59.2 Å². The highest BCUT2D eigenvalue weighted by atomic mass is 32.2. The van der Waals surface area contributed by atoms with Crippen LogP contribution in [0.5, 0.6) is 5.75 Å². The summed E-state index contributed by atoms with van der Waals surface area (Å²) >= 11 is 0. The number of morpholine rings is 1. The number of carbonyl (C=O) groups is 1. The topological polar surface area (TPSA) is 110 Å². The molecule has 35 heavy (non-hydrogen) atoms. The molecular weight excluding hydrogens is 470 g/mol. The molecule has 1 saturated heterocycles. The van der Waals surface area contributed by atoms with Gasteiger partial charge in [-0.05, 0) is 54.1 Å². The maximum Gasteiger partial charge on any atom is 0.251 e. The fraction of sp³-hybridized carbons (Fsp3) is 0.320. The summed E-state index contributed by atoms with van der Waals surface area (Å²) in [4.78, 5) is 15.2. The van der Waals surface area contributed by atoms with Crippen LogP contribution in [0.2, 0.25) is 0 Å². The third kappa shape index (κ3) is 6.49. The molecular formula is C25H29N3O6S. The number of amides is 1. The summed E-state index contributed by atoms with van der Waals surface area (Å²) in [6.07, 6.45) is 1.48. The Morgan fingerprint density at radius 2 is 1.77 bits per heavy atom. The van der Waals surface area contributed by atoms with Gasteiger partial charge in [-0.2, -0.15) is 0 Å². The Kier molecular flexibility index (Phi) is 8.19. The van der Waals surface area contributed by atoms with Gasteiger partial charge in [0.05, 0.1) is 44.1 Å². The van der Waals surface area contributed by atoms with Crippen LogP contribution in [0, 0.1) is 0 Å². The Bertz CT molecular complexity index is 1190. The zero-order chi connectivity index (χ0) is 24.7. The Morgan fingerprint density at radius 1 is 1.06 bits per heavy atom. The first kappa shape index (κ1) is 24.9. The lowest BCUT2D eigenvalue weighted by atomic mass is 10.0. The van der Waals surface area contributed by atoms with E-state index in [2.05, 4.69) is 14.9 Å². The Hall–Kier alpha value is -3.18. The minimum atomic E-state index is -3.73. The van der Waals surface area contributed by atoms with E-state index in [4.69, 9.17) is 13.9 Å². The Balaban J connectivity index is 1.40. The number of hydrogen-bond acceptors (Lipinski definition) is 7. The van der Waals surface area contributed by atoms with Crippen molar-refractivity contribution in [1.82, 2.24) is 14.9 Å². The highest BCUT2D eigenvalue weighted by molar-refractivity contribution is 7.89. The zero-order valence-electron chi connectivity index (χ0n) is 19.5. The van der Waals surface area contributed by atoms with Gasteiger partial charge >= 0.3 is 0 Å². The summed E-state index contributed by atoms with van der Waals surface area (Å²) in [5.74, 6) is 1.01. The van der Waals surface area contributed by atoms with Crippen LogP contribution in [-0.2, 0) is 21.3 Å².